The first kappa shape index (κ1) is 16.2. The van der Waals surface area contributed by atoms with Crippen LogP contribution in [0.25, 0.3) is 0 Å². The van der Waals surface area contributed by atoms with Crippen molar-refractivity contribution >= 4 is 0 Å². The summed E-state index contributed by atoms with van der Waals surface area (Å²) in [6.07, 6.45) is 11.0. The molecule has 0 amide bonds. The molecule has 0 saturated heterocycles. The zero-order valence-corrected chi connectivity index (χ0v) is 12.8. The van der Waals surface area contributed by atoms with Gasteiger partial charge in [-0.05, 0) is 37.9 Å². The average Bonchev–Trinajstić information content (AvgIpc) is 2.44. The van der Waals surface area contributed by atoms with E-state index < -0.39 is 0 Å². The van der Waals surface area contributed by atoms with E-state index in [9.17, 15) is 0 Å². The second-order valence-electron chi connectivity index (χ2n) is 5.67. The number of hydrogen-bond donors (Lipinski definition) is 1. The van der Waals surface area contributed by atoms with Crippen LogP contribution in [0.4, 0.5) is 0 Å². The van der Waals surface area contributed by atoms with Crippen LogP contribution in [0.2, 0.25) is 0 Å². The fourth-order valence-corrected chi connectivity index (χ4v) is 2.73. The molecule has 0 aliphatic rings. The summed E-state index contributed by atoms with van der Waals surface area (Å²) in [4.78, 5) is 0. The van der Waals surface area contributed by atoms with E-state index in [0.717, 1.165) is 12.5 Å². The molecular formula is C18H31N. The monoisotopic (exact) mass is 261 g/mol. The molecule has 0 bridgehead atoms. The minimum atomic E-state index is 0.790. The quantitative estimate of drug-likeness (QED) is 0.563. The largest absolute Gasteiger partial charge is 0.319 e. The molecule has 108 valence electrons. The normalized spacial score (nSPS) is 12.5. The van der Waals surface area contributed by atoms with Gasteiger partial charge in [0, 0.05) is 0 Å². The van der Waals surface area contributed by atoms with Crippen molar-refractivity contribution in [2.75, 3.05) is 13.6 Å². The van der Waals surface area contributed by atoms with Gasteiger partial charge >= 0.3 is 0 Å². The van der Waals surface area contributed by atoms with Gasteiger partial charge in [-0.2, -0.15) is 0 Å². The van der Waals surface area contributed by atoms with Gasteiger partial charge < -0.3 is 5.32 Å². The molecule has 0 spiro atoms. The summed E-state index contributed by atoms with van der Waals surface area (Å²) in [5.74, 6) is 0.790. The van der Waals surface area contributed by atoms with Crippen LogP contribution in [0.1, 0.15) is 57.4 Å². The SMILES string of the molecule is CCCCCCCCC(CNC)Cc1ccccc1. The van der Waals surface area contributed by atoms with Crippen LogP contribution in [0, 0.1) is 5.92 Å². The highest BCUT2D eigenvalue weighted by atomic mass is 14.8. The highest BCUT2D eigenvalue weighted by molar-refractivity contribution is 5.15. The molecule has 1 N–H and O–H groups in total. The zero-order valence-electron chi connectivity index (χ0n) is 12.8. The third-order valence-corrected chi connectivity index (χ3v) is 3.83. The minimum Gasteiger partial charge on any atom is -0.319 e. The van der Waals surface area contributed by atoms with E-state index in [1.807, 2.05) is 0 Å². The number of unbranched alkanes of at least 4 members (excludes halogenated alkanes) is 5. The Morgan fingerprint density at radius 2 is 1.63 bits per heavy atom. The maximum Gasteiger partial charge on any atom is -0.00203 e. The topological polar surface area (TPSA) is 12.0 Å². The molecule has 0 saturated carbocycles. The molecule has 0 radical (unpaired) electrons. The lowest BCUT2D eigenvalue weighted by Crippen LogP contribution is -2.20. The fourth-order valence-electron chi connectivity index (χ4n) is 2.73. The van der Waals surface area contributed by atoms with Gasteiger partial charge in [0.2, 0.25) is 0 Å². The summed E-state index contributed by atoms with van der Waals surface area (Å²) >= 11 is 0. The molecule has 0 aliphatic carbocycles. The maximum atomic E-state index is 3.35. The van der Waals surface area contributed by atoms with Crippen molar-refractivity contribution in [2.24, 2.45) is 5.92 Å². The summed E-state index contributed by atoms with van der Waals surface area (Å²) < 4.78 is 0. The molecule has 1 heteroatoms. The Bertz CT molecular complexity index is 294. The predicted octanol–water partition coefficient (Wildman–Crippen LogP) is 4.82. The van der Waals surface area contributed by atoms with E-state index in [1.165, 1.54) is 56.9 Å². The fraction of sp³-hybridized carbons (Fsp3) is 0.667. The molecule has 0 fully saturated rings. The third-order valence-electron chi connectivity index (χ3n) is 3.83. The van der Waals surface area contributed by atoms with E-state index in [4.69, 9.17) is 0 Å². The average molecular weight is 261 g/mol. The second kappa shape index (κ2) is 11.0. The van der Waals surface area contributed by atoms with Crippen LogP contribution >= 0.6 is 0 Å². The van der Waals surface area contributed by atoms with E-state index in [0.29, 0.717) is 0 Å². The van der Waals surface area contributed by atoms with Crippen LogP contribution in [0.15, 0.2) is 30.3 Å². The van der Waals surface area contributed by atoms with Gasteiger partial charge in [-0.1, -0.05) is 75.8 Å². The smallest absolute Gasteiger partial charge is 0.00203 e. The Labute approximate surface area is 119 Å². The Balaban J connectivity index is 2.21. The molecule has 1 rings (SSSR count). The summed E-state index contributed by atoms with van der Waals surface area (Å²) in [5.41, 5.74) is 1.48. The van der Waals surface area contributed by atoms with E-state index in [-0.39, 0.29) is 0 Å². The van der Waals surface area contributed by atoms with Crippen molar-refractivity contribution in [3.05, 3.63) is 35.9 Å². The van der Waals surface area contributed by atoms with Crippen LogP contribution in [-0.4, -0.2) is 13.6 Å². The van der Waals surface area contributed by atoms with E-state index >= 15 is 0 Å². The molecule has 19 heavy (non-hydrogen) atoms. The van der Waals surface area contributed by atoms with Crippen LogP contribution in [0.3, 0.4) is 0 Å². The van der Waals surface area contributed by atoms with Crippen molar-refractivity contribution in [1.82, 2.24) is 5.32 Å². The minimum absolute atomic E-state index is 0.790. The Kier molecular flexibility index (Phi) is 9.44. The predicted molar refractivity (Wildman–Crippen MR) is 85.6 cm³/mol. The molecule has 1 unspecified atom stereocenters. The van der Waals surface area contributed by atoms with Crippen LogP contribution < -0.4 is 5.32 Å². The van der Waals surface area contributed by atoms with Gasteiger partial charge in [-0.3, -0.25) is 0 Å². The Morgan fingerprint density at radius 3 is 2.32 bits per heavy atom. The lowest BCUT2D eigenvalue weighted by Gasteiger charge is -2.16. The van der Waals surface area contributed by atoms with Crippen LogP contribution in [0.5, 0.6) is 0 Å². The lowest BCUT2D eigenvalue weighted by atomic mass is 9.93. The number of rotatable bonds is 11. The van der Waals surface area contributed by atoms with E-state index in [2.05, 4.69) is 49.6 Å². The van der Waals surface area contributed by atoms with Crippen molar-refractivity contribution in [3.63, 3.8) is 0 Å². The first-order valence-electron chi connectivity index (χ1n) is 8.05. The third kappa shape index (κ3) is 8.05. The molecule has 1 atom stereocenters. The second-order valence-corrected chi connectivity index (χ2v) is 5.67. The maximum absolute atomic E-state index is 3.35. The van der Waals surface area contributed by atoms with Gasteiger partial charge in [0.1, 0.15) is 0 Å². The van der Waals surface area contributed by atoms with Crippen molar-refractivity contribution < 1.29 is 0 Å². The first-order valence-corrected chi connectivity index (χ1v) is 8.05. The molecule has 0 aliphatic heterocycles. The van der Waals surface area contributed by atoms with E-state index in [1.54, 1.807) is 0 Å². The van der Waals surface area contributed by atoms with Gasteiger partial charge in [0.25, 0.3) is 0 Å². The molecule has 1 nitrogen and oxygen atoms in total. The summed E-state index contributed by atoms with van der Waals surface area (Å²) in [7, 11) is 2.07. The zero-order chi connectivity index (χ0) is 13.8. The van der Waals surface area contributed by atoms with Crippen molar-refractivity contribution in [1.29, 1.82) is 0 Å². The van der Waals surface area contributed by atoms with Crippen LogP contribution in [-0.2, 0) is 6.42 Å². The molecule has 0 heterocycles. The lowest BCUT2D eigenvalue weighted by molar-refractivity contribution is 0.432. The summed E-state index contributed by atoms with van der Waals surface area (Å²) in [6, 6.07) is 10.9. The van der Waals surface area contributed by atoms with Crippen molar-refractivity contribution in [3.8, 4) is 0 Å². The van der Waals surface area contributed by atoms with Gasteiger partial charge in [0.05, 0.1) is 0 Å². The molecule has 1 aromatic carbocycles. The molecule has 0 aromatic heterocycles. The number of hydrogen-bond acceptors (Lipinski definition) is 1. The molecule has 1 aromatic rings. The molecular weight excluding hydrogens is 230 g/mol. The number of benzene rings is 1. The van der Waals surface area contributed by atoms with Gasteiger partial charge in [0.15, 0.2) is 0 Å². The summed E-state index contributed by atoms with van der Waals surface area (Å²) in [6.45, 7) is 3.42. The van der Waals surface area contributed by atoms with Crippen molar-refractivity contribution in [2.45, 2.75) is 58.3 Å². The standard InChI is InChI=1S/C18H31N/c1-3-4-5-6-7-9-14-18(16-19-2)15-17-12-10-8-11-13-17/h8,10-13,18-19H,3-7,9,14-16H2,1-2H3. The first-order chi connectivity index (χ1) is 9.36. The highest BCUT2D eigenvalue weighted by Gasteiger charge is 2.08. The highest BCUT2D eigenvalue weighted by Crippen LogP contribution is 2.16. The summed E-state index contributed by atoms with van der Waals surface area (Å²) in [5, 5.41) is 3.35. The Hall–Kier alpha value is -0.820. The van der Waals surface area contributed by atoms with Gasteiger partial charge in [-0.15, -0.1) is 0 Å². The van der Waals surface area contributed by atoms with Gasteiger partial charge in [-0.25, -0.2) is 0 Å². The Morgan fingerprint density at radius 1 is 0.947 bits per heavy atom. The number of nitrogens with one attached hydrogen (secondary N) is 1.